The van der Waals surface area contributed by atoms with Gasteiger partial charge in [-0.1, -0.05) is 24.3 Å². The molecular formula is C10H12O2. The molecule has 1 aliphatic heterocycles. The van der Waals surface area contributed by atoms with Crippen LogP contribution in [0.25, 0.3) is 0 Å². The predicted octanol–water partition coefficient (Wildman–Crippen LogP) is 1.29. The van der Waals surface area contributed by atoms with Crippen molar-refractivity contribution < 1.29 is 9.84 Å². The average Bonchev–Trinajstić information content (AvgIpc) is 2.89. The summed E-state index contributed by atoms with van der Waals surface area (Å²) in [7, 11) is 0. The lowest BCUT2D eigenvalue weighted by molar-refractivity contribution is 0.299. The van der Waals surface area contributed by atoms with E-state index < -0.39 is 0 Å². The Morgan fingerprint density at radius 1 is 1.33 bits per heavy atom. The molecule has 1 unspecified atom stereocenters. The summed E-state index contributed by atoms with van der Waals surface area (Å²) >= 11 is 0. The maximum Gasteiger partial charge on any atom is 0.106 e. The van der Waals surface area contributed by atoms with Crippen LogP contribution in [0.2, 0.25) is 0 Å². The van der Waals surface area contributed by atoms with Crippen LogP contribution in [0.4, 0.5) is 0 Å². The molecule has 0 amide bonds. The van der Waals surface area contributed by atoms with Crippen LogP contribution in [0.15, 0.2) is 24.3 Å². The number of epoxide rings is 1. The van der Waals surface area contributed by atoms with E-state index in [2.05, 4.69) is 12.1 Å². The normalized spacial score (nSPS) is 20.9. The molecule has 1 fully saturated rings. The molecule has 0 spiro atoms. The predicted molar refractivity (Wildman–Crippen MR) is 45.9 cm³/mol. The first-order valence-corrected chi connectivity index (χ1v) is 4.21. The smallest absolute Gasteiger partial charge is 0.106 e. The lowest BCUT2D eigenvalue weighted by Gasteiger charge is -1.99. The zero-order valence-electron chi connectivity index (χ0n) is 6.86. The summed E-state index contributed by atoms with van der Waals surface area (Å²) in [6.07, 6.45) is 1.08. The Hall–Kier alpha value is -0.860. The number of ether oxygens (including phenoxy) is 1. The maximum atomic E-state index is 8.69. The number of hydrogen-bond acceptors (Lipinski definition) is 2. The first-order chi connectivity index (χ1) is 5.90. The van der Waals surface area contributed by atoms with E-state index in [0.717, 1.165) is 13.0 Å². The molecule has 0 aromatic heterocycles. The van der Waals surface area contributed by atoms with Gasteiger partial charge in [-0.15, -0.1) is 0 Å². The molecule has 1 aromatic carbocycles. The van der Waals surface area contributed by atoms with Gasteiger partial charge in [0.25, 0.3) is 0 Å². The molecule has 2 rings (SSSR count). The second-order valence-corrected chi connectivity index (χ2v) is 3.04. The Labute approximate surface area is 71.8 Å². The summed E-state index contributed by atoms with van der Waals surface area (Å²) in [5.41, 5.74) is 2.43. The van der Waals surface area contributed by atoms with E-state index >= 15 is 0 Å². The van der Waals surface area contributed by atoms with Gasteiger partial charge in [0, 0.05) is 6.61 Å². The van der Waals surface area contributed by atoms with Crippen molar-refractivity contribution in [2.75, 3.05) is 13.2 Å². The van der Waals surface area contributed by atoms with E-state index in [4.69, 9.17) is 9.84 Å². The molecule has 12 heavy (non-hydrogen) atoms. The van der Waals surface area contributed by atoms with Gasteiger partial charge in [-0.25, -0.2) is 0 Å². The fourth-order valence-corrected chi connectivity index (χ4v) is 1.27. The molecule has 1 heterocycles. The molecule has 0 bridgehead atoms. The highest BCUT2D eigenvalue weighted by molar-refractivity contribution is 5.26. The lowest BCUT2D eigenvalue weighted by Crippen LogP contribution is -1.90. The zero-order chi connectivity index (χ0) is 8.39. The summed E-state index contributed by atoms with van der Waals surface area (Å²) in [6.45, 7) is 1.08. The summed E-state index contributed by atoms with van der Waals surface area (Å²) in [5, 5.41) is 8.69. The highest BCUT2D eigenvalue weighted by atomic mass is 16.6. The van der Waals surface area contributed by atoms with Crippen molar-refractivity contribution in [3.8, 4) is 0 Å². The topological polar surface area (TPSA) is 32.8 Å². The van der Waals surface area contributed by atoms with Crippen LogP contribution < -0.4 is 0 Å². The summed E-state index contributed by atoms with van der Waals surface area (Å²) in [5.74, 6) is 0. The van der Waals surface area contributed by atoms with Crippen LogP contribution >= 0.6 is 0 Å². The molecular weight excluding hydrogens is 152 g/mol. The van der Waals surface area contributed by atoms with Gasteiger partial charge in [0.15, 0.2) is 0 Å². The van der Waals surface area contributed by atoms with Crippen molar-refractivity contribution >= 4 is 0 Å². The molecule has 1 saturated heterocycles. The summed E-state index contributed by atoms with van der Waals surface area (Å²) in [6, 6.07) is 8.24. The van der Waals surface area contributed by atoms with Crippen LogP contribution in [0.1, 0.15) is 17.2 Å². The minimum absolute atomic E-state index is 0.222. The standard InChI is InChI=1S/C10H12O2/c11-6-5-8-1-3-9(4-2-8)10-7-12-10/h1-4,10-11H,5-7H2. The van der Waals surface area contributed by atoms with Crippen molar-refractivity contribution in [3.63, 3.8) is 0 Å². The van der Waals surface area contributed by atoms with Crippen molar-refractivity contribution in [3.05, 3.63) is 35.4 Å². The van der Waals surface area contributed by atoms with Crippen molar-refractivity contribution in [2.45, 2.75) is 12.5 Å². The van der Waals surface area contributed by atoms with E-state index in [9.17, 15) is 0 Å². The van der Waals surface area contributed by atoms with Crippen molar-refractivity contribution in [1.29, 1.82) is 0 Å². The van der Waals surface area contributed by atoms with Crippen LogP contribution in [0, 0.1) is 0 Å². The van der Waals surface area contributed by atoms with Crippen molar-refractivity contribution in [1.82, 2.24) is 0 Å². The highest BCUT2D eigenvalue weighted by Gasteiger charge is 2.23. The van der Waals surface area contributed by atoms with Crippen LogP contribution in [-0.4, -0.2) is 18.3 Å². The van der Waals surface area contributed by atoms with Gasteiger partial charge in [0.05, 0.1) is 6.61 Å². The van der Waals surface area contributed by atoms with E-state index in [-0.39, 0.29) is 6.61 Å². The molecule has 2 nitrogen and oxygen atoms in total. The first-order valence-electron chi connectivity index (χ1n) is 4.21. The van der Waals surface area contributed by atoms with Gasteiger partial charge in [0.2, 0.25) is 0 Å². The molecule has 1 aromatic rings. The number of aliphatic hydroxyl groups is 1. The van der Waals surface area contributed by atoms with E-state index in [1.54, 1.807) is 0 Å². The van der Waals surface area contributed by atoms with Gasteiger partial charge in [-0.05, 0) is 17.5 Å². The third-order valence-electron chi connectivity index (χ3n) is 2.09. The molecule has 2 heteroatoms. The summed E-state index contributed by atoms with van der Waals surface area (Å²) in [4.78, 5) is 0. The Bertz CT molecular complexity index is 249. The largest absolute Gasteiger partial charge is 0.396 e. The van der Waals surface area contributed by atoms with Gasteiger partial charge >= 0.3 is 0 Å². The van der Waals surface area contributed by atoms with Gasteiger partial charge in [-0.3, -0.25) is 0 Å². The summed E-state index contributed by atoms with van der Waals surface area (Å²) < 4.78 is 5.14. The minimum Gasteiger partial charge on any atom is -0.396 e. The van der Waals surface area contributed by atoms with Crippen LogP contribution in [0.3, 0.4) is 0 Å². The molecule has 1 N–H and O–H groups in total. The van der Waals surface area contributed by atoms with Crippen LogP contribution in [0.5, 0.6) is 0 Å². The fourth-order valence-electron chi connectivity index (χ4n) is 1.27. The first kappa shape index (κ1) is 7.77. The fraction of sp³-hybridized carbons (Fsp3) is 0.400. The molecule has 1 aliphatic rings. The van der Waals surface area contributed by atoms with Gasteiger partial charge in [0.1, 0.15) is 6.10 Å². The van der Waals surface area contributed by atoms with E-state index in [1.807, 2.05) is 12.1 Å². The van der Waals surface area contributed by atoms with E-state index in [1.165, 1.54) is 11.1 Å². The molecule has 0 aliphatic carbocycles. The molecule has 0 saturated carbocycles. The third kappa shape index (κ3) is 1.65. The quantitative estimate of drug-likeness (QED) is 0.683. The monoisotopic (exact) mass is 164 g/mol. The third-order valence-corrected chi connectivity index (χ3v) is 2.09. The maximum absolute atomic E-state index is 8.69. The van der Waals surface area contributed by atoms with Crippen molar-refractivity contribution in [2.24, 2.45) is 0 Å². The Morgan fingerprint density at radius 2 is 2.00 bits per heavy atom. The Kier molecular flexibility index (Phi) is 2.11. The van der Waals surface area contributed by atoms with Crippen LogP contribution in [-0.2, 0) is 11.2 Å². The zero-order valence-corrected chi connectivity index (χ0v) is 6.86. The van der Waals surface area contributed by atoms with Gasteiger partial charge < -0.3 is 9.84 Å². The lowest BCUT2D eigenvalue weighted by atomic mass is 10.1. The second-order valence-electron chi connectivity index (χ2n) is 3.04. The average molecular weight is 164 g/mol. The SMILES string of the molecule is OCCc1ccc(C2CO2)cc1. The number of hydrogen-bond donors (Lipinski definition) is 1. The number of aliphatic hydroxyl groups excluding tert-OH is 1. The van der Waals surface area contributed by atoms with E-state index in [0.29, 0.717) is 6.10 Å². The minimum atomic E-state index is 0.222. The second kappa shape index (κ2) is 3.25. The molecule has 64 valence electrons. The van der Waals surface area contributed by atoms with Gasteiger partial charge in [-0.2, -0.15) is 0 Å². The number of benzene rings is 1. The Morgan fingerprint density at radius 3 is 2.50 bits per heavy atom. The Balaban J connectivity index is 2.08. The number of rotatable bonds is 3. The molecule has 1 atom stereocenters. The molecule has 0 radical (unpaired) electrons. The highest BCUT2D eigenvalue weighted by Crippen LogP contribution is 2.29.